The van der Waals surface area contributed by atoms with E-state index in [0.29, 0.717) is 5.90 Å². The van der Waals surface area contributed by atoms with Crippen LogP contribution in [0.2, 0.25) is 0 Å². The summed E-state index contributed by atoms with van der Waals surface area (Å²) < 4.78 is 23.6. The van der Waals surface area contributed by atoms with Crippen LogP contribution in [0.5, 0.6) is 0 Å². The maximum atomic E-state index is 12.1. The molecule has 0 aromatic rings. The minimum absolute atomic E-state index is 0.214. The molecule has 0 aromatic carbocycles. The van der Waals surface area contributed by atoms with Gasteiger partial charge in [0.2, 0.25) is 0 Å². The summed E-state index contributed by atoms with van der Waals surface area (Å²) in [5.74, 6) is 0.392. The van der Waals surface area contributed by atoms with Crippen molar-refractivity contribution in [2.75, 3.05) is 25.9 Å². The first-order chi connectivity index (χ1) is 4.96. The van der Waals surface area contributed by atoms with Crippen LogP contribution in [0.1, 0.15) is 20.8 Å². The highest BCUT2D eigenvalue weighted by atomic mass is 31.2. The molecule has 0 aromatic heterocycles. The van der Waals surface area contributed by atoms with E-state index in [1.54, 1.807) is 20.0 Å². The fourth-order valence-electron chi connectivity index (χ4n) is 0.862. The highest BCUT2D eigenvalue weighted by Gasteiger charge is 2.34. The van der Waals surface area contributed by atoms with Crippen LogP contribution in [0.15, 0.2) is 0 Å². The van der Waals surface area contributed by atoms with Crippen LogP contribution in [0.3, 0.4) is 0 Å². The second-order valence-corrected chi connectivity index (χ2v) is 12.8. The van der Waals surface area contributed by atoms with Crippen LogP contribution in [-0.2, 0) is 9.13 Å². The second-order valence-electron chi connectivity index (χ2n) is 4.99. The van der Waals surface area contributed by atoms with Crippen molar-refractivity contribution in [2.24, 2.45) is 0 Å². The molecular formula is C8H20O2P2. The van der Waals surface area contributed by atoms with Gasteiger partial charge >= 0.3 is 0 Å². The summed E-state index contributed by atoms with van der Waals surface area (Å²) >= 11 is 0. The highest BCUT2D eigenvalue weighted by Crippen LogP contribution is 2.62. The van der Waals surface area contributed by atoms with Crippen molar-refractivity contribution in [1.82, 2.24) is 0 Å². The lowest BCUT2D eigenvalue weighted by molar-refractivity contribution is 0.553. The monoisotopic (exact) mass is 210 g/mol. The topological polar surface area (TPSA) is 34.1 Å². The molecule has 0 aliphatic carbocycles. The summed E-state index contributed by atoms with van der Waals surface area (Å²) in [5.41, 5.74) is 0. The van der Waals surface area contributed by atoms with Gasteiger partial charge in [0.05, 0.1) is 20.2 Å². The Morgan fingerprint density at radius 1 is 1.00 bits per heavy atom. The summed E-state index contributed by atoms with van der Waals surface area (Å²) in [7, 11) is -4.41. The molecule has 12 heavy (non-hydrogen) atoms. The molecule has 0 aliphatic rings. The van der Waals surface area contributed by atoms with Gasteiger partial charge in [0.25, 0.3) is 0 Å². The Labute approximate surface area is 75.9 Å². The third-order valence-electron chi connectivity index (χ3n) is 2.03. The van der Waals surface area contributed by atoms with Crippen LogP contribution in [0.4, 0.5) is 0 Å². The van der Waals surface area contributed by atoms with Gasteiger partial charge in [0.1, 0.15) is 0 Å². The van der Waals surface area contributed by atoms with Gasteiger partial charge in [-0.2, -0.15) is 0 Å². The van der Waals surface area contributed by atoms with E-state index in [1.165, 1.54) is 0 Å². The van der Waals surface area contributed by atoms with Crippen molar-refractivity contribution in [3.63, 3.8) is 0 Å². The molecule has 0 spiro atoms. The van der Waals surface area contributed by atoms with Gasteiger partial charge < -0.3 is 9.13 Å². The molecule has 0 N–H and O–H groups in total. The number of hydrogen-bond acceptors (Lipinski definition) is 2. The molecule has 0 fully saturated rings. The number of rotatable bonds is 2. The average molecular weight is 210 g/mol. The van der Waals surface area contributed by atoms with E-state index in [-0.39, 0.29) is 5.16 Å². The van der Waals surface area contributed by atoms with E-state index >= 15 is 0 Å². The third-order valence-corrected chi connectivity index (χ3v) is 9.75. The van der Waals surface area contributed by atoms with Crippen molar-refractivity contribution in [1.29, 1.82) is 0 Å². The molecular weight excluding hydrogens is 190 g/mol. The smallest absolute Gasteiger partial charge is 0.0968 e. The first-order valence-corrected chi connectivity index (χ1v) is 9.19. The van der Waals surface area contributed by atoms with Gasteiger partial charge in [-0.3, -0.25) is 0 Å². The van der Waals surface area contributed by atoms with Crippen LogP contribution in [0, 0.1) is 0 Å². The number of hydrogen-bond donors (Lipinski definition) is 0. The van der Waals surface area contributed by atoms with E-state index in [2.05, 4.69) is 0 Å². The minimum atomic E-state index is -2.26. The van der Waals surface area contributed by atoms with Gasteiger partial charge in [0.15, 0.2) is 0 Å². The molecule has 1 unspecified atom stereocenters. The predicted octanol–water partition coefficient (Wildman–Crippen LogP) is 3.36. The summed E-state index contributed by atoms with van der Waals surface area (Å²) in [6.07, 6.45) is 0. The Hall–Kier alpha value is 0.460. The lowest BCUT2D eigenvalue weighted by Crippen LogP contribution is -2.16. The van der Waals surface area contributed by atoms with Gasteiger partial charge in [-0.15, -0.1) is 0 Å². The molecule has 0 amide bonds. The van der Waals surface area contributed by atoms with E-state index in [0.717, 1.165) is 0 Å². The van der Waals surface area contributed by atoms with E-state index in [4.69, 9.17) is 0 Å². The standard InChI is InChI=1S/C8H20O2P2/c1-8(2,3)12(6,10)7-11(4,5)9/h7H2,1-6H3. The zero-order valence-electron chi connectivity index (χ0n) is 8.92. The highest BCUT2D eigenvalue weighted by molar-refractivity contribution is 7.80. The first-order valence-electron chi connectivity index (χ1n) is 4.06. The maximum absolute atomic E-state index is 12.1. The lowest BCUT2D eigenvalue weighted by Gasteiger charge is -2.29. The molecule has 0 saturated carbocycles. The van der Waals surface area contributed by atoms with Crippen LogP contribution >= 0.6 is 14.3 Å². The molecule has 0 aliphatic heterocycles. The van der Waals surface area contributed by atoms with Crippen LogP contribution < -0.4 is 0 Å². The summed E-state index contributed by atoms with van der Waals surface area (Å²) in [5, 5.41) is -0.214. The summed E-state index contributed by atoms with van der Waals surface area (Å²) in [6, 6.07) is 0. The fraction of sp³-hybridized carbons (Fsp3) is 1.00. The van der Waals surface area contributed by atoms with Gasteiger partial charge in [-0.1, -0.05) is 20.8 Å². The first kappa shape index (κ1) is 12.5. The largest absolute Gasteiger partial charge is 0.324 e. The average Bonchev–Trinajstić information content (AvgIpc) is 1.52. The van der Waals surface area contributed by atoms with Gasteiger partial charge in [-0.25, -0.2) is 0 Å². The Bertz CT molecular complexity index is 244. The van der Waals surface area contributed by atoms with Gasteiger partial charge in [-0.05, 0) is 20.0 Å². The Morgan fingerprint density at radius 3 is 1.42 bits per heavy atom. The second kappa shape index (κ2) is 3.31. The molecule has 0 radical (unpaired) electrons. The van der Waals surface area contributed by atoms with Crippen molar-refractivity contribution < 1.29 is 9.13 Å². The molecule has 1 atom stereocenters. The summed E-state index contributed by atoms with van der Waals surface area (Å²) in [4.78, 5) is 0. The van der Waals surface area contributed by atoms with Crippen molar-refractivity contribution >= 4 is 14.3 Å². The lowest BCUT2D eigenvalue weighted by atomic mass is 10.3. The fourth-order valence-corrected chi connectivity index (χ4v) is 7.76. The normalized spacial score (nSPS) is 18.8. The minimum Gasteiger partial charge on any atom is -0.324 e. The zero-order chi connectivity index (χ0) is 10.2. The van der Waals surface area contributed by atoms with Crippen LogP contribution in [-0.4, -0.2) is 31.1 Å². The Kier molecular flexibility index (Phi) is 3.44. The van der Waals surface area contributed by atoms with Gasteiger partial charge in [0, 0.05) is 5.16 Å². The predicted molar refractivity (Wildman–Crippen MR) is 57.6 cm³/mol. The molecule has 2 nitrogen and oxygen atoms in total. The SMILES string of the molecule is CC(C)(C)P(C)(=O)CP(C)(C)=O. The van der Waals surface area contributed by atoms with Crippen molar-refractivity contribution in [3.8, 4) is 0 Å². The quantitative estimate of drug-likeness (QED) is 0.655. The van der Waals surface area contributed by atoms with Crippen molar-refractivity contribution in [2.45, 2.75) is 25.9 Å². The molecule has 74 valence electrons. The molecule has 0 rings (SSSR count). The van der Waals surface area contributed by atoms with E-state index in [9.17, 15) is 9.13 Å². The Morgan fingerprint density at radius 2 is 1.33 bits per heavy atom. The van der Waals surface area contributed by atoms with E-state index in [1.807, 2.05) is 20.8 Å². The molecule has 4 heteroatoms. The maximum Gasteiger partial charge on any atom is 0.0968 e. The third kappa shape index (κ3) is 3.92. The molecule has 0 bridgehead atoms. The molecule has 0 heterocycles. The summed E-state index contributed by atoms with van der Waals surface area (Å²) in [6.45, 7) is 11.0. The zero-order valence-corrected chi connectivity index (χ0v) is 10.7. The molecule has 0 saturated heterocycles. The Balaban J connectivity index is 4.69. The van der Waals surface area contributed by atoms with E-state index < -0.39 is 14.3 Å². The van der Waals surface area contributed by atoms with Crippen LogP contribution in [0.25, 0.3) is 0 Å². The van der Waals surface area contributed by atoms with Crippen molar-refractivity contribution in [3.05, 3.63) is 0 Å².